The molecule has 0 radical (unpaired) electrons. The Kier molecular flexibility index (Phi) is 5.14. The highest BCUT2D eigenvalue weighted by Gasteiger charge is 2.36. The van der Waals surface area contributed by atoms with Gasteiger partial charge in [0.2, 0.25) is 5.91 Å². The number of aromatic hydroxyl groups is 1. The van der Waals surface area contributed by atoms with Gasteiger partial charge in [-0.1, -0.05) is 47.7 Å². The van der Waals surface area contributed by atoms with Crippen LogP contribution < -0.4 is 10.1 Å². The molecule has 4 aromatic rings. The van der Waals surface area contributed by atoms with Crippen LogP contribution in [0.2, 0.25) is 0 Å². The number of amides is 2. The molecule has 1 atom stereocenters. The molecule has 1 aromatic heterocycles. The number of rotatable bonds is 4. The van der Waals surface area contributed by atoms with Gasteiger partial charge in [0.05, 0.1) is 17.4 Å². The van der Waals surface area contributed by atoms with Gasteiger partial charge in [0, 0.05) is 11.9 Å². The molecule has 1 saturated heterocycles. The molecule has 2 N–H and O–H groups in total. The molecule has 0 saturated carbocycles. The standard InChI is InChI=1S/C24H21N3O4S/c1-31-18-9-4-10-19-20(18)25-24(32-19)26-22(29)17-8-5-13-27(17)23(30)16-12-11-14-6-2-3-7-15(14)21(16)28/h2-4,6-7,9-12,17,28H,5,8,13H2,1H3,(H,25,26,29). The van der Waals surface area contributed by atoms with Crippen molar-refractivity contribution < 1.29 is 19.4 Å². The quantitative estimate of drug-likeness (QED) is 0.484. The molecule has 0 spiro atoms. The third-order valence-electron chi connectivity index (χ3n) is 5.78. The molecule has 3 aromatic carbocycles. The van der Waals surface area contributed by atoms with E-state index in [1.807, 2.05) is 42.5 Å². The highest BCUT2D eigenvalue weighted by atomic mass is 32.1. The first-order valence-corrected chi connectivity index (χ1v) is 11.1. The van der Waals surface area contributed by atoms with E-state index in [0.717, 1.165) is 10.1 Å². The number of fused-ring (bicyclic) bond motifs is 2. The average Bonchev–Trinajstić information content (AvgIpc) is 3.46. The van der Waals surface area contributed by atoms with Gasteiger partial charge in [-0.3, -0.25) is 9.59 Å². The minimum atomic E-state index is -0.623. The lowest BCUT2D eigenvalue weighted by molar-refractivity contribution is -0.119. The van der Waals surface area contributed by atoms with E-state index in [1.165, 1.54) is 16.2 Å². The lowest BCUT2D eigenvalue weighted by Crippen LogP contribution is -2.43. The van der Waals surface area contributed by atoms with Gasteiger partial charge < -0.3 is 20.1 Å². The fraction of sp³-hybridized carbons (Fsp3) is 0.208. The average molecular weight is 448 g/mol. The third kappa shape index (κ3) is 3.42. The zero-order chi connectivity index (χ0) is 22.2. The Bertz CT molecular complexity index is 1350. The number of methoxy groups -OCH3 is 1. The molecule has 7 nitrogen and oxygen atoms in total. The van der Waals surface area contributed by atoms with Gasteiger partial charge in [-0.15, -0.1) is 0 Å². The van der Waals surface area contributed by atoms with Crippen molar-refractivity contribution in [1.29, 1.82) is 0 Å². The number of hydrogen-bond acceptors (Lipinski definition) is 6. The predicted molar refractivity (Wildman–Crippen MR) is 124 cm³/mol. The Morgan fingerprint density at radius 3 is 2.84 bits per heavy atom. The topological polar surface area (TPSA) is 91.8 Å². The summed E-state index contributed by atoms with van der Waals surface area (Å²) in [6, 6.07) is 15.8. The first-order chi connectivity index (χ1) is 15.6. The maximum Gasteiger partial charge on any atom is 0.258 e. The Morgan fingerprint density at radius 2 is 2.00 bits per heavy atom. The molecule has 1 aliphatic heterocycles. The van der Waals surface area contributed by atoms with E-state index in [2.05, 4.69) is 10.3 Å². The van der Waals surface area contributed by atoms with Crippen molar-refractivity contribution in [3.8, 4) is 11.5 Å². The molecule has 2 amide bonds. The van der Waals surface area contributed by atoms with Crippen molar-refractivity contribution >= 4 is 49.3 Å². The summed E-state index contributed by atoms with van der Waals surface area (Å²) in [5.74, 6) is -0.0489. The first kappa shape index (κ1) is 20.3. The van der Waals surface area contributed by atoms with Crippen LogP contribution in [-0.4, -0.2) is 46.5 Å². The summed E-state index contributed by atoms with van der Waals surface area (Å²) >= 11 is 1.36. The van der Waals surface area contributed by atoms with Gasteiger partial charge >= 0.3 is 0 Å². The van der Waals surface area contributed by atoms with Crippen LogP contribution in [0.5, 0.6) is 11.5 Å². The number of nitrogens with one attached hydrogen (secondary N) is 1. The lowest BCUT2D eigenvalue weighted by Gasteiger charge is -2.24. The number of nitrogens with zero attached hydrogens (tertiary/aromatic N) is 2. The molecule has 1 fully saturated rings. The third-order valence-corrected chi connectivity index (χ3v) is 6.72. The highest BCUT2D eigenvalue weighted by molar-refractivity contribution is 7.22. The van der Waals surface area contributed by atoms with Crippen molar-refractivity contribution in [2.75, 3.05) is 19.0 Å². The smallest absolute Gasteiger partial charge is 0.258 e. The van der Waals surface area contributed by atoms with Gasteiger partial charge in [0.15, 0.2) is 5.13 Å². The Balaban J connectivity index is 1.39. The lowest BCUT2D eigenvalue weighted by atomic mass is 10.0. The Morgan fingerprint density at radius 1 is 1.16 bits per heavy atom. The van der Waals surface area contributed by atoms with E-state index in [0.29, 0.717) is 41.2 Å². The summed E-state index contributed by atoms with van der Waals surface area (Å²) in [5.41, 5.74) is 0.892. The minimum absolute atomic E-state index is 0.0579. The molecule has 8 heteroatoms. The van der Waals surface area contributed by atoms with Crippen molar-refractivity contribution in [2.45, 2.75) is 18.9 Å². The SMILES string of the molecule is COc1cccc2sc(NC(=O)C3CCCN3C(=O)c3ccc4ccccc4c3O)nc12. The molecular weight excluding hydrogens is 426 g/mol. The van der Waals surface area contributed by atoms with Crippen molar-refractivity contribution in [3.05, 3.63) is 60.2 Å². The fourth-order valence-electron chi connectivity index (χ4n) is 4.19. The number of likely N-dealkylation sites (tertiary alicyclic amines) is 1. The maximum absolute atomic E-state index is 13.3. The number of phenols is 1. The summed E-state index contributed by atoms with van der Waals surface area (Å²) in [5, 5.41) is 15.5. The number of hydrogen-bond donors (Lipinski definition) is 2. The molecule has 1 aliphatic rings. The molecule has 0 aliphatic carbocycles. The van der Waals surface area contributed by atoms with E-state index in [1.54, 1.807) is 19.2 Å². The highest BCUT2D eigenvalue weighted by Crippen LogP contribution is 2.34. The Labute approximate surface area is 188 Å². The van der Waals surface area contributed by atoms with Gasteiger partial charge in [-0.25, -0.2) is 4.98 Å². The molecular formula is C24H21N3O4S. The fourth-order valence-corrected chi connectivity index (χ4v) is 5.08. The van der Waals surface area contributed by atoms with Crippen LogP contribution in [0.15, 0.2) is 54.6 Å². The maximum atomic E-state index is 13.3. The minimum Gasteiger partial charge on any atom is -0.506 e. The number of ether oxygens (including phenoxy) is 1. The van der Waals surface area contributed by atoms with Crippen LogP contribution in [0.25, 0.3) is 21.0 Å². The van der Waals surface area contributed by atoms with E-state index < -0.39 is 6.04 Å². The van der Waals surface area contributed by atoms with E-state index in [9.17, 15) is 14.7 Å². The molecule has 1 unspecified atom stereocenters. The van der Waals surface area contributed by atoms with Gasteiger partial charge in [-0.2, -0.15) is 0 Å². The molecule has 5 rings (SSSR count). The van der Waals surface area contributed by atoms with E-state index in [-0.39, 0.29) is 23.1 Å². The largest absolute Gasteiger partial charge is 0.506 e. The number of anilines is 1. The van der Waals surface area contributed by atoms with Crippen molar-refractivity contribution in [1.82, 2.24) is 9.88 Å². The first-order valence-electron chi connectivity index (χ1n) is 10.3. The second kappa shape index (κ2) is 8.12. The Hall–Kier alpha value is -3.65. The summed E-state index contributed by atoms with van der Waals surface area (Å²) in [4.78, 5) is 32.3. The normalized spacial score (nSPS) is 15.9. The van der Waals surface area contributed by atoms with Gasteiger partial charge in [0.25, 0.3) is 5.91 Å². The summed E-state index contributed by atoms with van der Waals surface area (Å²) in [6.07, 6.45) is 1.27. The van der Waals surface area contributed by atoms with Crippen LogP contribution in [0.1, 0.15) is 23.2 Å². The van der Waals surface area contributed by atoms with Crippen LogP contribution in [-0.2, 0) is 4.79 Å². The van der Waals surface area contributed by atoms with Crippen LogP contribution in [0.4, 0.5) is 5.13 Å². The van der Waals surface area contributed by atoms with Crippen LogP contribution in [0.3, 0.4) is 0 Å². The predicted octanol–water partition coefficient (Wildman–Crippen LogP) is 4.41. The number of aromatic nitrogens is 1. The number of phenolic OH excluding ortho intramolecular Hbond substituents is 1. The zero-order valence-electron chi connectivity index (χ0n) is 17.4. The van der Waals surface area contributed by atoms with E-state index in [4.69, 9.17) is 4.74 Å². The van der Waals surface area contributed by atoms with Gasteiger partial charge in [-0.05, 0) is 36.4 Å². The summed E-state index contributed by atoms with van der Waals surface area (Å²) in [7, 11) is 1.58. The molecule has 32 heavy (non-hydrogen) atoms. The number of carbonyl (C=O) groups is 2. The number of carbonyl (C=O) groups excluding carboxylic acids is 2. The summed E-state index contributed by atoms with van der Waals surface area (Å²) < 4.78 is 6.24. The van der Waals surface area contributed by atoms with Crippen LogP contribution >= 0.6 is 11.3 Å². The number of para-hydroxylation sites is 1. The number of thiazole rings is 1. The molecule has 0 bridgehead atoms. The zero-order valence-corrected chi connectivity index (χ0v) is 18.2. The van der Waals surface area contributed by atoms with Gasteiger partial charge in [0.1, 0.15) is 23.1 Å². The molecule has 2 heterocycles. The van der Waals surface area contributed by atoms with Crippen LogP contribution in [0, 0.1) is 0 Å². The summed E-state index contributed by atoms with van der Waals surface area (Å²) in [6.45, 7) is 0.455. The monoisotopic (exact) mass is 447 g/mol. The molecule has 162 valence electrons. The second-order valence-electron chi connectivity index (χ2n) is 7.65. The second-order valence-corrected chi connectivity index (χ2v) is 8.69. The van der Waals surface area contributed by atoms with E-state index >= 15 is 0 Å². The van der Waals surface area contributed by atoms with Crippen molar-refractivity contribution in [2.24, 2.45) is 0 Å². The number of benzene rings is 3. The van der Waals surface area contributed by atoms with Crippen molar-refractivity contribution in [3.63, 3.8) is 0 Å².